The molecule has 1 unspecified atom stereocenters. The lowest BCUT2D eigenvalue weighted by atomic mass is 10.0. The summed E-state index contributed by atoms with van der Waals surface area (Å²) in [6, 6.07) is 7.65. The van der Waals surface area contributed by atoms with Gasteiger partial charge in [-0.2, -0.15) is 4.80 Å². The maximum atomic E-state index is 12.7. The first-order chi connectivity index (χ1) is 12.3. The lowest BCUT2D eigenvalue weighted by Gasteiger charge is -2.22. The number of nitrogens with zero attached hydrogens (tertiary/aromatic N) is 4. The molecule has 2 atom stereocenters. The minimum absolute atomic E-state index is 0.138. The highest BCUT2D eigenvalue weighted by Gasteiger charge is 2.31. The van der Waals surface area contributed by atoms with Gasteiger partial charge in [-0.05, 0) is 23.5 Å². The van der Waals surface area contributed by atoms with Gasteiger partial charge in [-0.3, -0.25) is 4.79 Å². The molecular formula is C18H25N5O3. The van der Waals surface area contributed by atoms with E-state index in [1.54, 1.807) is 0 Å². The van der Waals surface area contributed by atoms with E-state index >= 15 is 0 Å². The Morgan fingerprint density at radius 3 is 2.35 bits per heavy atom. The first-order valence-electron chi connectivity index (χ1n) is 8.67. The number of rotatable bonds is 8. The van der Waals surface area contributed by atoms with Gasteiger partial charge in [0.25, 0.3) is 0 Å². The number of aromatic nitrogens is 4. The van der Waals surface area contributed by atoms with Gasteiger partial charge in [-0.1, -0.05) is 58.0 Å². The standard InChI is InChI=1S/C18H25N5O3/c1-11(2)10-14(18(25)26)19-17(24)15(12(3)4)23-21-16(20-22-23)13-8-6-5-7-9-13/h5-9,11-12,14-15H,10H2,1-4H3,(H,19,24)(H,25,26)/t14-,15?/m1/s1. The highest BCUT2D eigenvalue weighted by molar-refractivity contribution is 5.86. The van der Waals surface area contributed by atoms with Gasteiger partial charge >= 0.3 is 5.97 Å². The number of carboxylic acid groups (broad SMARTS) is 1. The summed E-state index contributed by atoms with van der Waals surface area (Å²) in [7, 11) is 0. The molecule has 1 amide bonds. The fourth-order valence-electron chi connectivity index (χ4n) is 2.67. The molecule has 0 bridgehead atoms. The van der Waals surface area contributed by atoms with Gasteiger partial charge in [-0.15, -0.1) is 10.2 Å². The number of aliphatic carboxylic acids is 1. The van der Waals surface area contributed by atoms with E-state index in [2.05, 4.69) is 20.7 Å². The molecule has 1 heterocycles. The van der Waals surface area contributed by atoms with Crippen LogP contribution in [0.2, 0.25) is 0 Å². The smallest absolute Gasteiger partial charge is 0.326 e. The maximum absolute atomic E-state index is 12.7. The van der Waals surface area contributed by atoms with Gasteiger partial charge in [0.15, 0.2) is 6.04 Å². The molecule has 2 aromatic rings. The van der Waals surface area contributed by atoms with Crippen LogP contribution in [0.15, 0.2) is 30.3 Å². The van der Waals surface area contributed by atoms with Gasteiger partial charge in [0.2, 0.25) is 11.7 Å². The van der Waals surface area contributed by atoms with Crippen LogP contribution < -0.4 is 5.32 Å². The molecule has 2 N–H and O–H groups in total. The first kappa shape index (κ1) is 19.6. The summed E-state index contributed by atoms with van der Waals surface area (Å²) in [6.45, 7) is 7.53. The van der Waals surface area contributed by atoms with Crippen LogP contribution in [0.25, 0.3) is 11.4 Å². The third kappa shape index (κ3) is 4.87. The lowest BCUT2D eigenvalue weighted by Crippen LogP contribution is -2.46. The number of carbonyl (C=O) groups excluding carboxylic acids is 1. The van der Waals surface area contributed by atoms with E-state index in [4.69, 9.17) is 0 Å². The number of amides is 1. The van der Waals surface area contributed by atoms with Crippen molar-refractivity contribution in [3.8, 4) is 11.4 Å². The van der Waals surface area contributed by atoms with Gasteiger partial charge in [0, 0.05) is 5.56 Å². The summed E-state index contributed by atoms with van der Waals surface area (Å²) in [5.41, 5.74) is 0.796. The third-order valence-electron chi connectivity index (χ3n) is 3.93. The molecule has 2 rings (SSSR count). The van der Waals surface area contributed by atoms with Crippen LogP contribution in [0.1, 0.15) is 40.2 Å². The van der Waals surface area contributed by atoms with E-state index in [9.17, 15) is 14.7 Å². The minimum Gasteiger partial charge on any atom is -0.480 e. The van der Waals surface area contributed by atoms with Crippen LogP contribution in [0, 0.1) is 11.8 Å². The number of carboxylic acids is 1. The zero-order chi connectivity index (χ0) is 19.3. The van der Waals surface area contributed by atoms with E-state index < -0.39 is 24.0 Å². The molecule has 8 nitrogen and oxygen atoms in total. The van der Waals surface area contributed by atoms with Crippen molar-refractivity contribution in [1.82, 2.24) is 25.5 Å². The quantitative estimate of drug-likeness (QED) is 0.747. The molecule has 140 valence electrons. The molecule has 1 aromatic carbocycles. The van der Waals surface area contributed by atoms with Crippen molar-refractivity contribution >= 4 is 11.9 Å². The number of benzene rings is 1. The average molecular weight is 359 g/mol. The van der Waals surface area contributed by atoms with Gasteiger partial charge in [-0.25, -0.2) is 4.79 Å². The summed E-state index contributed by atoms with van der Waals surface area (Å²) in [5.74, 6) is -1.05. The second-order valence-electron chi connectivity index (χ2n) is 7.02. The van der Waals surface area contributed by atoms with Gasteiger partial charge in [0.1, 0.15) is 6.04 Å². The van der Waals surface area contributed by atoms with Crippen LogP contribution in [0.5, 0.6) is 0 Å². The number of carbonyl (C=O) groups is 2. The van der Waals surface area contributed by atoms with E-state index in [-0.39, 0.29) is 11.8 Å². The molecule has 0 radical (unpaired) electrons. The van der Waals surface area contributed by atoms with E-state index in [1.807, 2.05) is 58.0 Å². The van der Waals surface area contributed by atoms with Crippen molar-refractivity contribution in [1.29, 1.82) is 0 Å². The Kier molecular flexibility index (Phi) is 6.43. The predicted octanol–water partition coefficient (Wildman–Crippen LogP) is 2.15. The number of nitrogens with one attached hydrogen (secondary N) is 1. The van der Waals surface area contributed by atoms with Gasteiger partial charge < -0.3 is 10.4 Å². The maximum Gasteiger partial charge on any atom is 0.326 e. The average Bonchev–Trinajstić information content (AvgIpc) is 3.03. The van der Waals surface area contributed by atoms with Crippen LogP contribution in [0.4, 0.5) is 0 Å². The molecule has 0 aliphatic heterocycles. The van der Waals surface area contributed by atoms with E-state index in [0.717, 1.165) is 5.56 Å². The number of tetrazole rings is 1. The van der Waals surface area contributed by atoms with Crippen LogP contribution in [0.3, 0.4) is 0 Å². The van der Waals surface area contributed by atoms with Crippen molar-refractivity contribution in [3.63, 3.8) is 0 Å². The number of hydrogen-bond acceptors (Lipinski definition) is 5. The van der Waals surface area contributed by atoms with Gasteiger partial charge in [0.05, 0.1) is 0 Å². The molecule has 8 heteroatoms. The van der Waals surface area contributed by atoms with Crippen molar-refractivity contribution in [2.75, 3.05) is 0 Å². The molecule has 0 spiro atoms. The first-order valence-corrected chi connectivity index (χ1v) is 8.67. The van der Waals surface area contributed by atoms with Crippen molar-refractivity contribution < 1.29 is 14.7 Å². The molecule has 0 aliphatic rings. The van der Waals surface area contributed by atoms with Crippen molar-refractivity contribution in [2.24, 2.45) is 11.8 Å². The van der Waals surface area contributed by atoms with Crippen LogP contribution in [-0.4, -0.2) is 43.2 Å². The summed E-state index contributed by atoms with van der Waals surface area (Å²) in [6.07, 6.45) is 0.353. The molecule has 0 saturated heterocycles. The summed E-state index contributed by atoms with van der Waals surface area (Å²) in [5, 5.41) is 24.3. The zero-order valence-corrected chi connectivity index (χ0v) is 15.5. The minimum atomic E-state index is -1.05. The third-order valence-corrected chi connectivity index (χ3v) is 3.93. The van der Waals surface area contributed by atoms with Crippen molar-refractivity contribution in [2.45, 2.75) is 46.2 Å². The summed E-state index contributed by atoms with van der Waals surface area (Å²) in [4.78, 5) is 25.4. The Labute approximate surface area is 152 Å². The zero-order valence-electron chi connectivity index (χ0n) is 15.5. The molecule has 0 aliphatic carbocycles. The van der Waals surface area contributed by atoms with E-state index in [0.29, 0.717) is 12.2 Å². The predicted molar refractivity (Wildman–Crippen MR) is 96.1 cm³/mol. The highest BCUT2D eigenvalue weighted by atomic mass is 16.4. The normalized spacial score (nSPS) is 13.6. The lowest BCUT2D eigenvalue weighted by molar-refractivity contribution is -0.143. The van der Waals surface area contributed by atoms with Crippen LogP contribution in [-0.2, 0) is 9.59 Å². The Morgan fingerprint density at radius 2 is 1.81 bits per heavy atom. The van der Waals surface area contributed by atoms with E-state index in [1.165, 1.54) is 4.80 Å². The second kappa shape index (κ2) is 8.55. The Hall–Kier alpha value is -2.77. The SMILES string of the molecule is CC(C)C[C@@H](NC(=O)C(C(C)C)n1nnc(-c2ccccc2)n1)C(=O)O. The topological polar surface area (TPSA) is 110 Å². The second-order valence-corrected chi connectivity index (χ2v) is 7.02. The largest absolute Gasteiger partial charge is 0.480 e. The molecular weight excluding hydrogens is 334 g/mol. The fraction of sp³-hybridized carbons (Fsp3) is 0.500. The highest BCUT2D eigenvalue weighted by Crippen LogP contribution is 2.19. The molecule has 1 aromatic heterocycles. The molecule has 0 fully saturated rings. The summed E-state index contributed by atoms with van der Waals surface area (Å²) >= 11 is 0. The molecule has 0 saturated carbocycles. The Balaban J connectivity index is 2.22. The van der Waals surface area contributed by atoms with Crippen LogP contribution >= 0.6 is 0 Å². The Bertz CT molecular complexity index is 742. The fourth-order valence-corrected chi connectivity index (χ4v) is 2.67. The monoisotopic (exact) mass is 359 g/mol. The number of hydrogen-bond donors (Lipinski definition) is 2. The Morgan fingerprint density at radius 1 is 1.15 bits per heavy atom. The molecule has 26 heavy (non-hydrogen) atoms. The van der Waals surface area contributed by atoms with Crippen molar-refractivity contribution in [3.05, 3.63) is 30.3 Å². The summed E-state index contributed by atoms with van der Waals surface area (Å²) < 4.78 is 0.